The molecule has 11 rings (SSSR count). The summed E-state index contributed by atoms with van der Waals surface area (Å²) >= 11 is 1.87. The summed E-state index contributed by atoms with van der Waals surface area (Å²) in [6.45, 7) is 0. The second-order valence-corrected chi connectivity index (χ2v) is 13.2. The van der Waals surface area contributed by atoms with Gasteiger partial charge in [-0.1, -0.05) is 96.7 Å². The summed E-state index contributed by atoms with van der Waals surface area (Å²) in [7, 11) is 0. The predicted molar refractivity (Wildman–Crippen MR) is 196 cm³/mol. The van der Waals surface area contributed by atoms with E-state index in [0.29, 0.717) is 0 Å². The number of hydrogen-bond acceptors (Lipinski definition) is 3. The largest absolute Gasteiger partial charge is 0.456 e. The van der Waals surface area contributed by atoms with Crippen molar-refractivity contribution >= 4 is 88.7 Å². The highest BCUT2D eigenvalue weighted by molar-refractivity contribution is 8.00. The van der Waals surface area contributed by atoms with Gasteiger partial charge in [-0.3, -0.25) is 0 Å². The molecule has 7 aromatic carbocycles. The molecule has 5 heteroatoms. The maximum absolute atomic E-state index is 6.26. The molecule has 0 radical (unpaired) electrons. The zero-order valence-electron chi connectivity index (χ0n) is 25.1. The number of anilines is 2. The average Bonchev–Trinajstić information content (AvgIpc) is 3.79. The summed E-state index contributed by atoms with van der Waals surface area (Å²) in [4.78, 5) is 2.47. The van der Waals surface area contributed by atoms with Gasteiger partial charge >= 0.3 is 0 Å². The van der Waals surface area contributed by atoms with Crippen molar-refractivity contribution in [1.82, 2.24) is 9.13 Å². The Kier molecular flexibility index (Phi) is 5.02. The Balaban J connectivity index is 1.39. The van der Waals surface area contributed by atoms with E-state index in [-0.39, 0.29) is 0 Å². The minimum atomic E-state index is 0.898. The fourth-order valence-corrected chi connectivity index (χ4v) is 8.90. The van der Waals surface area contributed by atoms with Crippen molar-refractivity contribution in [2.45, 2.75) is 9.79 Å². The van der Waals surface area contributed by atoms with Crippen molar-refractivity contribution in [2.24, 2.45) is 0 Å². The highest BCUT2D eigenvalue weighted by Crippen LogP contribution is 2.55. The quantitative estimate of drug-likeness (QED) is 0.209. The summed E-state index contributed by atoms with van der Waals surface area (Å²) < 4.78 is 11.2. The number of nitrogens with zero attached hydrogens (tertiary/aromatic N) is 2. The number of benzene rings is 7. The molecular formula is C42H25N3OS. The predicted octanol–water partition coefficient (Wildman–Crippen LogP) is 12.0. The lowest BCUT2D eigenvalue weighted by atomic mass is 10.0. The van der Waals surface area contributed by atoms with Gasteiger partial charge in [0.05, 0.1) is 33.4 Å². The molecule has 0 aliphatic carbocycles. The molecule has 0 fully saturated rings. The third kappa shape index (κ3) is 3.38. The maximum atomic E-state index is 6.26. The van der Waals surface area contributed by atoms with Gasteiger partial charge in [-0.25, -0.2) is 0 Å². The molecule has 220 valence electrons. The van der Waals surface area contributed by atoms with Gasteiger partial charge in [0.2, 0.25) is 0 Å². The molecule has 0 unspecified atom stereocenters. The lowest BCUT2D eigenvalue weighted by molar-refractivity contribution is 0.669. The summed E-state index contributed by atoms with van der Waals surface area (Å²) in [6, 6.07) is 52.0. The van der Waals surface area contributed by atoms with Crippen LogP contribution in [0.5, 0.6) is 0 Å². The number of fused-ring (bicyclic) bond motifs is 14. The average molecular weight is 620 g/mol. The third-order valence-corrected chi connectivity index (χ3v) is 10.9. The van der Waals surface area contributed by atoms with E-state index in [1.165, 1.54) is 53.4 Å². The van der Waals surface area contributed by atoms with Crippen molar-refractivity contribution in [3.63, 3.8) is 0 Å². The van der Waals surface area contributed by atoms with Crippen LogP contribution in [-0.2, 0) is 0 Å². The maximum Gasteiger partial charge on any atom is 0.135 e. The molecule has 4 heterocycles. The minimum absolute atomic E-state index is 0.898. The molecule has 47 heavy (non-hydrogen) atoms. The van der Waals surface area contributed by atoms with Crippen LogP contribution in [-0.4, -0.2) is 9.13 Å². The highest BCUT2D eigenvalue weighted by Gasteiger charge is 2.30. The molecule has 0 saturated heterocycles. The Labute approximate surface area is 273 Å². The minimum Gasteiger partial charge on any atom is -0.456 e. The monoisotopic (exact) mass is 619 g/mol. The zero-order chi connectivity index (χ0) is 30.6. The molecule has 0 atom stereocenters. The van der Waals surface area contributed by atoms with Gasteiger partial charge < -0.3 is 18.9 Å². The number of para-hydroxylation sites is 5. The fraction of sp³-hybridized carbons (Fsp3) is 0. The van der Waals surface area contributed by atoms with Gasteiger partial charge in [0, 0.05) is 53.5 Å². The Morgan fingerprint density at radius 3 is 1.96 bits per heavy atom. The van der Waals surface area contributed by atoms with Crippen molar-refractivity contribution in [2.75, 3.05) is 5.32 Å². The first-order valence-electron chi connectivity index (χ1n) is 15.9. The molecule has 1 aliphatic rings. The van der Waals surface area contributed by atoms with Crippen LogP contribution in [0, 0.1) is 0 Å². The van der Waals surface area contributed by atoms with E-state index < -0.39 is 0 Å². The smallest absolute Gasteiger partial charge is 0.135 e. The van der Waals surface area contributed by atoms with Crippen molar-refractivity contribution < 1.29 is 4.42 Å². The molecule has 1 aliphatic heterocycles. The van der Waals surface area contributed by atoms with Gasteiger partial charge in [-0.2, -0.15) is 0 Å². The van der Waals surface area contributed by atoms with E-state index in [0.717, 1.165) is 44.7 Å². The first kappa shape index (κ1) is 25.3. The van der Waals surface area contributed by atoms with Crippen LogP contribution in [0.4, 0.5) is 11.4 Å². The van der Waals surface area contributed by atoms with Crippen LogP contribution in [0.1, 0.15) is 0 Å². The fourth-order valence-electron chi connectivity index (χ4n) is 7.74. The van der Waals surface area contributed by atoms with Gasteiger partial charge in [0.15, 0.2) is 0 Å². The number of furan rings is 1. The Morgan fingerprint density at radius 1 is 0.489 bits per heavy atom. The van der Waals surface area contributed by atoms with E-state index >= 15 is 0 Å². The van der Waals surface area contributed by atoms with Crippen molar-refractivity contribution in [3.05, 3.63) is 146 Å². The Bertz CT molecular complexity index is 2910. The van der Waals surface area contributed by atoms with Crippen LogP contribution < -0.4 is 5.32 Å². The molecule has 3 aromatic heterocycles. The molecule has 0 spiro atoms. The standard InChI is InChI=1S/C42H25N3OS/c1-2-12-25(13-3-1)44-32-18-8-4-15-28(32)37-40-38(42-39(41(37)44)43-31-17-7-11-21-36(31)47-42)29-16-5-9-19-33(29)45(40)26-22-23-35-30(24-26)27-14-6-10-20-34(27)46-35/h1-24,43H. The van der Waals surface area contributed by atoms with Crippen LogP contribution in [0.2, 0.25) is 0 Å². The van der Waals surface area contributed by atoms with E-state index in [9.17, 15) is 0 Å². The molecule has 10 aromatic rings. The first-order chi connectivity index (χ1) is 23.3. The number of aromatic nitrogens is 2. The number of nitrogens with one attached hydrogen (secondary N) is 1. The summed E-state index contributed by atoms with van der Waals surface area (Å²) in [5, 5.41) is 11.2. The molecule has 1 N–H and O–H groups in total. The summed E-state index contributed by atoms with van der Waals surface area (Å²) in [5.41, 5.74) is 11.1. The Hall–Kier alpha value is -5.91. The summed E-state index contributed by atoms with van der Waals surface area (Å²) in [5.74, 6) is 0. The van der Waals surface area contributed by atoms with Gasteiger partial charge in [0.1, 0.15) is 11.2 Å². The summed E-state index contributed by atoms with van der Waals surface area (Å²) in [6.07, 6.45) is 0. The molecule has 0 amide bonds. The van der Waals surface area contributed by atoms with Crippen molar-refractivity contribution in [1.29, 1.82) is 0 Å². The second kappa shape index (κ2) is 9.32. The van der Waals surface area contributed by atoms with E-state index in [4.69, 9.17) is 4.42 Å². The normalized spacial score (nSPS) is 12.8. The van der Waals surface area contributed by atoms with Gasteiger partial charge in [-0.05, 0) is 60.7 Å². The van der Waals surface area contributed by atoms with Crippen LogP contribution >= 0.6 is 11.8 Å². The number of rotatable bonds is 2. The van der Waals surface area contributed by atoms with Crippen LogP contribution in [0.15, 0.2) is 160 Å². The number of hydrogen-bond donors (Lipinski definition) is 1. The van der Waals surface area contributed by atoms with Gasteiger partial charge in [-0.15, -0.1) is 0 Å². The lowest BCUT2D eigenvalue weighted by Crippen LogP contribution is -2.04. The van der Waals surface area contributed by atoms with Crippen LogP contribution in [0.25, 0.3) is 76.9 Å². The third-order valence-electron chi connectivity index (χ3n) is 9.67. The highest BCUT2D eigenvalue weighted by atomic mass is 32.2. The van der Waals surface area contributed by atoms with E-state index in [2.05, 4.69) is 148 Å². The molecule has 0 bridgehead atoms. The molecular weight excluding hydrogens is 595 g/mol. The zero-order valence-corrected chi connectivity index (χ0v) is 25.9. The SMILES string of the molecule is c1ccc(-n2c3ccccc3c3c2c2c(c4c5ccccc5n(-c5ccc6oc7ccccc7c6c5)c43)Sc3ccccc3N2)cc1. The van der Waals surface area contributed by atoms with E-state index in [1.807, 2.05) is 23.9 Å². The van der Waals surface area contributed by atoms with Gasteiger partial charge in [0.25, 0.3) is 0 Å². The second-order valence-electron chi connectivity index (χ2n) is 12.2. The lowest BCUT2D eigenvalue weighted by Gasteiger charge is -2.24. The molecule has 0 saturated carbocycles. The van der Waals surface area contributed by atoms with E-state index in [1.54, 1.807) is 0 Å². The van der Waals surface area contributed by atoms with Crippen LogP contribution in [0.3, 0.4) is 0 Å². The topological polar surface area (TPSA) is 35.0 Å². The Morgan fingerprint density at radius 2 is 1.13 bits per heavy atom. The molecule has 4 nitrogen and oxygen atoms in total. The first-order valence-corrected chi connectivity index (χ1v) is 16.7. The van der Waals surface area contributed by atoms with Crippen molar-refractivity contribution in [3.8, 4) is 11.4 Å².